The van der Waals surface area contributed by atoms with Crippen LogP contribution >= 0.6 is 0 Å². The lowest BCUT2D eigenvalue weighted by Crippen LogP contribution is -1.98. The van der Waals surface area contributed by atoms with E-state index in [0.717, 1.165) is 25.7 Å². The predicted octanol–water partition coefficient (Wildman–Crippen LogP) is 4.21. The molecular weight excluding hydrogens is 242 g/mol. The van der Waals surface area contributed by atoms with Crippen LogP contribution in [0.1, 0.15) is 61.7 Å². The van der Waals surface area contributed by atoms with Crippen LogP contribution in [0, 0.1) is 0 Å². The van der Waals surface area contributed by atoms with Gasteiger partial charge < -0.3 is 9.52 Å². The van der Waals surface area contributed by atoms with Gasteiger partial charge in [-0.3, -0.25) is 0 Å². The molecule has 0 saturated carbocycles. The second-order valence-corrected chi connectivity index (χ2v) is 4.79. The summed E-state index contributed by atoms with van der Waals surface area (Å²) in [6, 6.07) is 5.05. The Bertz CT molecular complexity index is 568. The molecule has 0 aliphatic carbocycles. The number of para-hydroxylation sites is 1. The highest BCUT2D eigenvalue weighted by atomic mass is 16.4. The Labute approximate surface area is 112 Å². The van der Waals surface area contributed by atoms with Crippen LogP contribution in [-0.4, -0.2) is 16.1 Å². The number of carbonyl (C=O) groups is 1. The quantitative estimate of drug-likeness (QED) is 0.846. The molecule has 2 rings (SSSR count). The van der Waals surface area contributed by atoms with Gasteiger partial charge in [0.1, 0.15) is 11.1 Å². The van der Waals surface area contributed by atoms with E-state index >= 15 is 0 Å². The Kier molecular flexibility index (Phi) is 4.20. The predicted molar refractivity (Wildman–Crippen MR) is 73.5 cm³/mol. The Morgan fingerprint density at radius 3 is 2.58 bits per heavy atom. The molecule has 0 bridgehead atoms. The molecule has 1 N–H and O–H groups in total. The molecule has 0 unspecified atom stereocenters. The van der Waals surface area contributed by atoms with E-state index in [1.54, 1.807) is 18.2 Å². The normalized spacial score (nSPS) is 11.3. The fourth-order valence-electron chi connectivity index (χ4n) is 2.40. The van der Waals surface area contributed by atoms with Crippen LogP contribution in [0.5, 0.6) is 0 Å². The fraction of sp³-hybridized carbons (Fsp3) is 0.467. The summed E-state index contributed by atoms with van der Waals surface area (Å²) in [6.07, 6.45) is 4.16. The van der Waals surface area contributed by atoms with Crippen LogP contribution in [0.2, 0.25) is 0 Å². The molecule has 1 aromatic carbocycles. The molecular formula is C15H19NO3. The summed E-state index contributed by atoms with van der Waals surface area (Å²) in [7, 11) is 0. The molecule has 0 amide bonds. The maximum atomic E-state index is 11.2. The molecule has 4 nitrogen and oxygen atoms in total. The van der Waals surface area contributed by atoms with Crippen LogP contribution in [0.15, 0.2) is 22.6 Å². The van der Waals surface area contributed by atoms with E-state index in [0.29, 0.717) is 17.0 Å². The largest absolute Gasteiger partial charge is 0.478 e. The van der Waals surface area contributed by atoms with Gasteiger partial charge >= 0.3 is 5.97 Å². The van der Waals surface area contributed by atoms with Crippen molar-refractivity contribution in [2.75, 3.05) is 0 Å². The molecule has 4 heteroatoms. The summed E-state index contributed by atoms with van der Waals surface area (Å²) in [5.41, 5.74) is 1.21. The van der Waals surface area contributed by atoms with Crippen molar-refractivity contribution in [3.8, 4) is 0 Å². The van der Waals surface area contributed by atoms with Crippen LogP contribution in [0.3, 0.4) is 0 Å². The first kappa shape index (κ1) is 13.6. The van der Waals surface area contributed by atoms with Crippen molar-refractivity contribution < 1.29 is 14.3 Å². The maximum Gasteiger partial charge on any atom is 0.339 e. The zero-order valence-corrected chi connectivity index (χ0v) is 11.3. The number of aromatic nitrogens is 1. The fourth-order valence-corrected chi connectivity index (χ4v) is 2.40. The van der Waals surface area contributed by atoms with Crippen molar-refractivity contribution in [3.05, 3.63) is 29.7 Å². The van der Waals surface area contributed by atoms with Crippen molar-refractivity contribution in [3.63, 3.8) is 0 Å². The number of benzene rings is 1. The lowest BCUT2D eigenvalue weighted by Gasteiger charge is -2.10. The average Bonchev–Trinajstić information content (AvgIpc) is 2.81. The third-order valence-corrected chi connectivity index (χ3v) is 3.29. The Morgan fingerprint density at radius 2 is 2.00 bits per heavy atom. The minimum absolute atomic E-state index is 0.183. The molecule has 0 spiro atoms. The number of fused-ring (bicyclic) bond motifs is 1. The van der Waals surface area contributed by atoms with Crippen molar-refractivity contribution >= 4 is 17.1 Å². The van der Waals surface area contributed by atoms with Crippen LogP contribution in [0.4, 0.5) is 0 Å². The molecule has 0 fully saturated rings. The Hall–Kier alpha value is -1.84. The summed E-state index contributed by atoms with van der Waals surface area (Å²) in [6.45, 7) is 4.27. The summed E-state index contributed by atoms with van der Waals surface area (Å²) in [5.74, 6) is -0.0210. The Balaban J connectivity index is 2.45. The van der Waals surface area contributed by atoms with Crippen molar-refractivity contribution in [1.82, 2.24) is 4.98 Å². The number of aromatic carboxylic acids is 1. The van der Waals surface area contributed by atoms with Gasteiger partial charge in [-0.1, -0.05) is 32.8 Å². The van der Waals surface area contributed by atoms with E-state index in [2.05, 4.69) is 18.8 Å². The molecule has 0 aliphatic heterocycles. The summed E-state index contributed by atoms with van der Waals surface area (Å²) in [5, 5.41) is 9.15. The number of rotatable bonds is 6. The van der Waals surface area contributed by atoms with E-state index in [1.807, 2.05) is 0 Å². The van der Waals surface area contributed by atoms with E-state index in [4.69, 9.17) is 9.52 Å². The Morgan fingerprint density at radius 1 is 1.32 bits per heavy atom. The first-order chi connectivity index (χ1) is 9.17. The van der Waals surface area contributed by atoms with Gasteiger partial charge in [-0.25, -0.2) is 9.78 Å². The smallest absolute Gasteiger partial charge is 0.339 e. The summed E-state index contributed by atoms with van der Waals surface area (Å²) < 4.78 is 5.74. The standard InChI is InChI=1S/C15H19NO3/c1-3-6-10(7-4-2)14-16-12-9-5-8-11(15(17)18)13(12)19-14/h5,8-10H,3-4,6-7H2,1-2H3,(H,17,18). The highest BCUT2D eigenvalue weighted by Crippen LogP contribution is 2.30. The van der Waals surface area contributed by atoms with E-state index in [-0.39, 0.29) is 11.5 Å². The lowest BCUT2D eigenvalue weighted by molar-refractivity contribution is 0.0697. The van der Waals surface area contributed by atoms with Crippen molar-refractivity contribution in [2.45, 2.75) is 45.4 Å². The van der Waals surface area contributed by atoms with E-state index < -0.39 is 5.97 Å². The molecule has 0 saturated heterocycles. The van der Waals surface area contributed by atoms with Gasteiger partial charge in [0.2, 0.25) is 0 Å². The third kappa shape index (κ3) is 2.78. The second-order valence-electron chi connectivity index (χ2n) is 4.79. The van der Waals surface area contributed by atoms with Gasteiger partial charge in [-0.05, 0) is 25.0 Å². The number of hydrogen-bond acceptors (Lipinski definition) is 3. The van der Waals surface area contributed by atoms with Gasteiger partial charge in [0.05, 0.1) is 0 Å². The number of hydrogen-bond donors (Lipinski definition) is 1. The van der Waals surface area contributed by atoms with Crippen molar-refractivity contribution in [2.24, 2.45) is 0 Å². The number of oxazole rings is 1. The highest BCUT2D eigenvalue weighted by molar-refractivity contribution is 5.99. The third-order valence-electron chi connectivity index (χ3n) is 3.29. The molecule has 0 radical (unpaired) electrons. The zero-order chi connectivity index (χ0) is 13.8. The highest BCUT2D eigenvalue weighted by Gasteiger charge is 2.19. The van der Waals surface area contributed by atoms with Gasteiger partial charge in [-0.15, -0.1) is 0 Å². The number of carboxylic acids is 1. The van der Waals surface area contributed by atoms with Crippen LogP contribution in [-0.2, 0) is 0 Å². The zero-order valence-electron chi connectivity index (χ0n) is 11.3. The maximum absolute atomic E-state index is 11.2. The molecule has 102 valence electrons. The molecule has 0 aliphatic rings. The van der Waals surface area contributed by atoms with Gasteiger partial charge in [0.25, 0.3) is 0 Å². The summed E-state index contributed by atoms with van der Waals surface area (Å²) >= 11 is 0. The average molecular weight is 261 g/mol. The minimum atomic E-state index is -0.976. The van der Waals surface area contributed by atoms with Gasteiger partial charge in [0.15, 0.2) is 11.5 Å². The summed E-state index contributed by atoms with van der Waals surface area (Å²) in [4.78, 5) is 15.6. The van der Waals surface area contributed by atoms with Crippen LogP contribution in [0.25, 0.3) is 11.1 Å². The SMILES string of the molecule is CCCC(CCC)c1nc2cccc(C(=O)O)c2o1. The first-order valence-electron chi connectivity index (χ1n) is 6.80. The number of nitrogens with zero attached hydrogens (tertiary/aromatic N) is 1. The van der Waals surface area contributed by atoms with Gasteiger partial charge in [0, 0.05) is 5.92 Å². The number of carboxylic acid groups (broad SMARTS) is 1. The van der Waals surface area contributed by atoms with E-state index in [9.17, 15) is 4.79 Å². The minimum Gasteiger partial charge on any atom is -0.478 e. The second kappa shape index (κ2) is 5.87. The molecule has 19 heavy (non-hydrogen) atoms. The first-order valence-corrected chi connectivity index (χ1v) is 6.80. The monoisotopic (exact) mass is 261 g/mol. The molecule has 1 heterocycles. The van der Waals surface area contributed by atoms with Gasteiger partial charge in [-0.2, -0.15) is 0 Å². The molecule has 2 aromatic rings. The van der Waals surface area contributed by atoms with Crippen molar-refractivity contribution in [1.29, 1.82) is 0 Å². The van der Waals surface area contributed by atoms with E-state index in [1.165, 1.54) is 0 Å². The molecule has 1 aromatic heterocycles. The van der Waals surface area contributed by atoms with Crippen LogP contribution < -0.4 is 0 Å². The lowest BCUT2D eigenvalue weighted by atomic mass is 9.98. The molecule has 0 atom stereocenters. The topological polar surface area (TPSA) is 63.3 Å².